The smallest absolute Gasteiger partial charge is 0.162 e. The Labute approximate surface area is 128 Å². The molecule has 1 aromatic carbocycles. The first-order valence-corrected chi connectivity index (χ1v) is 7.87. The number of likely N-dealkylation sites (tertiary alicyclic amines) is 1. The largest absolute Gasteiger partial charge is 0.504 e. The predicted octanol–water partition coefficient (Wildman–Crippen LogP) is 2.61. The van der Waals surface area contributed by atoms with Crippen LogP contribution in [0.4, 0.5) is 0 Å². The Morgan fingerprint density at radius 2 is 2.05 bits per heavy atom. The van der Waals surface area contributed by atoms with Gasteiger partial charge in [0, 0.05) is 18.7 Å². The maximum atomic E-state index is 10.2. The van der Waals surface area contributed by atoms with Gasteiger partial charge in [-0.05, 0) is 51.4 Å². The summed E-state index contributed by atoms with van der Waals surface area (Å²) in [4.78, 5) is 2.39. The van der Waals surface area contributed by atoms with Gasteiger partial charge in [-0.3, -0.25) is 0 Å². The van der Waals surface area contributed by atoms with Gasteiger partial charge in [0.05, 0.1) is 6.61 Å². The predicted molar refractivity (Wildman–Crippen MR) is 85.8 cm³/mol. The molecule has 0 bridgehead atoms. The first kappa shape index (κ1) is 16.1. The summed E-state index contributed by atoms with van der Waals surface area (Å²) >= 11 is 0. The van der Waals surface area contributed by atoms with Crippen LogP contribution in [0, 0.1) is 5.41 Å². The monoisotopic (exact) mass is 292 g/mol. The van der Waals surface area contributed by atoms with Crippen molar-refractivity contribution in [2.75, 3.05) is 33.3 Å². The number of phenols is 1. The second-order valence-electron chi connectivity index (χ2n) is 6.41. The van der Waals surface area contributed by atoms with Crippen LogP contribution in [0.15, 0.2) is 18.2 Å². The minimum atomic E-state index is 0.264. The van der Waals surface area contributed by atoms with E-state index in [1.807, 2.05) is 19.1 Å². The van der Waals surface area contributed by atoms with Crippen LogP contribution in [-0.2, 0) is 6.54 Å². The molecule has 1 heterocycles. The number of hydrogen-bond acceptors (Lipinski definition) is 4. The standard InChI is InChI=1S/C17H28N2O2/c1-4-21-15-7-5-6-14(16(15)20)12-18-13-17(2)8-10-19(3)11-9-17/h5-7,18,20H,4,8-13H2,1-3H3. The molecule has 1 aliphatic rings. The van der Waals surface area contributed by atoms with E-state index in [1.54, 1.807) is 6.07 Å². The number of piperidine rings is 1. The fourth-order valence-electron chi connectivity index (χ4n) is 2.82. The van der Waals surface area contributed by atoms with Crippen molar-refractivity contribution in [3.05, 3.63) is 23.8 Å². The topological polar surface area (TPSA) is 44.7 Å². The van der Waals surface area contributed by atoms with Crippen LogP contribution in [0.2, 0.25) is 0 Å². The van der Waals surface area contributed by atoms with Gasteiger partial charge in [0.1, 0.15) is 0 Å². The lowest BCUT2D eigenvalue weighted by Gasteiger charge is -2.38. The third-order valence-electron chi connectivity index (χ3n) is 4.44. The summed E-state index contributed by atoms with van der Waals surface area (Å²) in [5, 5.41) is 13.7. The molecule has 0 unspecified atom stereocenters. The summed E-state index contributed by atoms with van der Waals surface area (Å²) in [6.45, 7) is 8.84. The van der Waals surface area contributed by atoms with E-state index in [9.17, 15) is 5.11 Å². The quantitative estimate of drug-likeness (QED) is 0.846. The van der Waals surface area contributed by atoms with Gasteiger partial charge in [0.15, 0.2) is 11.5 Å². The van der Waals surface area contributed by atoms with Gasteiger partial charge >= 0.3 is 0 Å². The van der Waals surface area contributed by atoms with E-state index in [0.29, 0.717) is 24.3 Å². The highest BCUT2D eigenvalue weighted by Crippen LogP contribution is 2.31. The molecular formula is C17H28N2O2. The average molecular weight is 292 g/mol. The molecule has 2 N–H and O–H groups in total. The molecule has 0 atom stereocenters. The fourth-order valence-corrected chi connectivity index (χ4v) is 2.82. The van der Waals surface area contributed by atoms with Crippen molar-refractivity contribution in [1.29, 1.82) is 0 Å². The Bertz CT molecular complexity index is 454. The highest BCUT2D eigenvalue weighted by molar-refractivity contribution is 5.45. The molecule has 0 spiro atoms. The molecule has 1 saturated heterocycles. The summed E-state index contributed by atoms with van der Waals surface area (Å²) in [7, 11) is 2.18. The van der Waals surface area contributed by atoms with E-state index in [2.05, 4.69) is 24.2 Å². The SMILES string of the molecule is CCOc1cccc(CNCC2(C)CCN(C)CC2)c1O. The van der Waals surface area contributed by atoms with Gasteiger partial charge in [0.25, 0.3) is 0 Å². The zero-order valence-electron chi connectivity index (χ0n) is 13.5. The van der Waals surface area contributed by atoms with Crippen molar-refractivity contribution < 1.29 is 9.84 Å². The highest BCUT2D eigenvalue weighted by Gasteiger charge is 2.28. The van der Waals surface area contributed by atoms with E-state index >= 15 is 0 Å². The van der Waals surface area contributed by atoms with Crippen molar-refractivity contribution >= 4 is 0 Å². The van der Waals surface area contributed by atoms with Gasteiger partial charge in [-0.25, -0.2) is 0 Å². The highest BCUT2D eigenvalue weighted by atomic mass is 16.5. The van der Waals surface area contributed by atoms with Gasteiger partial charge in [-0.1, -0.05) is 19.1 Å². The number of aromatic hydroxyl groups is 1. The third-order valence-corrected chi connectivity index (χ3v) is 4.44. The molecule has 4 heteroatoms. The summed E-state index contributed by atoms with van der Waals surface area (Å²) in [5.74, 6) is 0.836. The molecule has 118 valence electrons. The number of hydrogen-bond donors (Lipinski definition) is 2. The molecule has 0 saturated carbocycles. The molecule has 0 aromatic heterocycles. The van der Waals surface area contributed by atoms with Gasteiger partial charge in [-0.2, -0.15) is 0 Å². The molecule has 21 heavy (non-hydrogen) atoms. The van der Waals surface area contributed by atoms with Gasteiger partial charge in [0.2, 0.25) is 0 Å². The van der Waals surface area contributed by atoms with Crippen molar-refractivity contribution in [2.45, 2.75) is 33.2 Å². The number of rotatable bonds is 6. The van der Waals surface area contributed by atoms with Crippen molar-refractivity contribution in [3.63, 3.8) is 0 Å². The van der Waals surface area contributed by atoms with Crippen molar-refractivity contribution in [3.8, 4) is 11.5 Å². The van der Waals surface area contributed by atoms with E-state index in [4.69, 9.17) is 4.74 Å². The molecule has 1 aromatic rings. The number of nitrogens with zero attached hydrogens (tertiary/aromatic N) is 1. The number of para-hydroxylation sites is 1. The maximum absolute atomic E-state index is 10.2. The lowest BCUT2D eigenvalue weighted by atomic mass is 9.80. The van der Waals surface area contributed by atoms with Crippen LogP contribution in [0.1, 0.15) is 32.3 Å². The van der Waals surface area contributed by atoms with E-state index < -0.39 is 0 Å². The van der Waals surface area contributed by atoms with Crippen LogP contribution in [0.25, 0.3) is 0 Å². The van der Waals surface area contributed by atoms with Crippen LogP contribution in [-0.4, -0.2) is 43.3 Å². The first-order chi connectivity index (χ1) is 10.0. The molecule has 4 nitrogen and oxygen atoms in total. The van der Waals surface area contributed by atoms with Crippen molar-refractivity contribution in [1.82, 2.24) is 10.2 Å². The zero-order valence-corrected chi connectivity index (χ0v) is 13.5. The average Bonchev–Trinajstić information content (AvgIpc) is 2.47. The summed E-state index contributed by atoms with van der Waals surface area (Å²) in [6.07, 6.45) is 2.45. The lowest BCUT2D eigenvalue weighted by molar-refractivity contribution is 0.136. The van der Waals surface area contributed by atoms with Crippen molar-refractivity contribution in [2.24, 2.45) is 5.41 Å². The Morgan fingerprint density at radius 1 is 1.33 bits per heavy atom. The molecule has 1 aliphatic heterocycles. The Kier molecular flexibility index (Phi) is 5.48. The molecule has 0 aliphatic carbocycles. The van der Waals surface area contributed by atoms with Gasteiger partial charge in [-0.15, -0.1) is 0 Å². The van der Waals surface area contributed by atoms with Crippen LogP contribution >= 0.6 is 0 Å². The fraction of sp³-hybridized carbons (Fsp3) is 0.647. The maximum Gasteiger partial charge on any atom is 0.162 e. The Morgan fingerprint density at radius 3 is 2.71 bits per heavy atom. The Hall–Kier alpha value is -1.26. The van der Waals surface area contributed by atoms with Crippen LogP contribution in [0.5, 0.6) is 11.5 Å². The second-order valence-corrected chi connectivity index (χ2v) is 6.41. The summed E-state index contributed by atoms with van der Waals surface area (Å²) in [5.41, 5.74) is 1.26. The number of ether oxygens (including phenoxy) is 1. The Balaban J connectivity index is 1.87. The molecule has 0 radical (unpaired) electrons. The van der Waals surface area contributed by atoms with E-state index in [-0.39, 0.29) is 5.75 Å². The minimum absolute atomic E-state index is 0.264. The number of benzene rings is 1. The molecule has 1 fully saturated rings. The molecule has 2 rings (SSSR count). The summed E-state index contributed by atoms with van der Waals surface area (Å²) < 4.78 is 5.42. The molecule has 0 amide bonds. The van der Waals surface area contributed by atoms with Gasteiger partial charge < -0.3 is 20.1 Å². The number of phenolic OH excluding ortho intramolecular Hbond substituents is 1. The second kappa shape index (κ2) is 7.14. The lowest BCUT2D eigenvalue weighted by Crippen LogP contribution is -2.41. The van der Waals surface area contributed by atoms with E-state index in [1.165, 1.54) is 25.9 Å². The van der Waals surface area contributed by atoms with E-state index in [0.717, 1.165) is 12.1 Å². The minimum Gasteiger partial charge on any atom is -0.504 e. The van der Waals surface area contributed by atoms with Crippen LogP contribution in [0.3, 0.4) is 0 Å². The molecular weight excluding hydrogens is 264 g/mol. The zero-order chi connectivity index (χ0) is 15.3. The first-order valence-electron chi connectivity index (χ1n) is 7.87. The normalized spacial score (nSPS) is 18.6. The van der Waals surface area contributed by atoms with Crippen LogP contribution < -0.4 is 10.1 Å². The third kappa shape index (κ3) is 4.35. The number of nitrogens with one attached hydrogen (secondary N) is 1. The summed E-state index contributed by atoms with van der Waals surface area (Å²) in [6, 6.07) is 5.68.